The van der Waals surface area contributed by atoms with Crippen molar-refractivity contribution in [2.45, 2.75) is 102 Å². The van der Waals surface area contributed by atoms with Gasteiger partial charge in [-0.15, -0.1) is 11.3 Å². The summed E-state index contributed by atoms with van der Waals surface area (Å²) in [5.74, 6) is -0.890. The number of aliphatic hydroxyl groups excluding tert-OH is 1. The second-order valence-electron chi connectivity index (χ2n) is 17.0. The average Bonchev–Trinajstić information content (AvgIpc) is 3.99. The number of hydrogen-bond acceptors (Lipinski definition) is 6. The van der Waals surface area contributed by atoms with Gasteiger partial charge in [-0.3, -0.25) is 4.79 Å². The Labute approximate surface area is 364 Å². The lowest BCUT2D eigenvalue weighted by Crippen LogP contribution is -2.56. The van der Waals surface area contributed by atoms with Gasteiger partial charge in [0.15, 0.2) is 5.76 Å². The SMILES string of the molecule is CC1=CCCC2(C)C(CCC2(O)CN(CCc2cccs2)C(=O)NC(C)c2ccccc2)c2ccc(cc2C(=O)c2ccc(-c3cc(C(F)(F)F)ccc3Cl)o2)CC(O)CC1. The topological polar surface area (TPSA) is 103 Å². The Balaban J connectivity index is 1.26. The number of halogens is 4. The van der Waals surface area contributed by atoms with Crippen LogP contribution in [0.3, 0.4) is 0 Å². The number of urea groups is 1. The minimum absolute atomic E-state index is 0.00436. The summed E-state index contributed by atoms with van der Waals surface area (Å²) in [6.07, 6.45) is 1.07. The van der Waals surface area contributed by atoms with Gasteiger partial charge in [-0.2, -0.15) is 13.2 Å². The standard InChI is InChI=1S/C49H52ClF3N2O5S/c1-31-9-7-23-47(3)41(21-24-48(47,59)30-55(25-22-37-12-8-26-61-37)46(58)54-32(2)34-10-5-4-6-11-34)38-17-14-33(27-36(56)16-13-31)28-39(38)45(57)44-20-19-43(60-44)40-29-35(49(51,52)53)15-18-42(40)50/h4-6,8-12,14-15,17-20,26,28-29,32,36,41,56,59H,7,13,16,21-25,27,30H2,1-3H3,(H,54,58). The average molecular weight is 873 g/mol. The Hall–Kier alpha value is -4.68. The number of thiophene rings is 1. The summed E-state index contributed by atoms with van der Waals surface area (Å²) < 4.78 is 47.0. The second kappa shape index (κ2) is 18.3. The largest absolute Gasteiger partial charge is 0.453 e. The molecule has 5 atom stereocenters. The van der Waals surface area contributed by atoms with Crippen LogP contribution in [0.25, 0.3) is 11.3 Å². The van der Waals surface area contributed by atoms with Crippen molar-refractivity contribution in [3.05, 3.63) is 152 Å². The van der Waals surface area contributed by atoms with E-state index < -0.39 is 34.6 Å². The number of amides is 2. The molecule has 8 rings (SSSR count). The Morgan fingerprint density at radius 1 is 1.02 bits per heavy atom. The fraction of sp³-hybridized carbons (Fsp3) is 0.388. The van der Waals surface area contributed by atoms with Crippen LogP contribution in [0.5, 0.6) is 0 Å². The number of fused-ring (bicyclic) bond motifs is 8. The highest BCUT2D eigenvalue weighted by molar-refractivity contribution is 7.09. The Morgan fingerprint density at radius 3 is 2.54 bits per heavy atom. The van der Waals surface area contributed by atoms with Crippen LogP contribution >= 0.6 is 22.9 Å². The van der Waals surface area contributed by atoms with Crippen molar-refractivity contribution in [3.63, 3.8) is 0 Å². The molecule has 5 unspecified atom stereocenters. The maximum atomic E-state index is 14.7. The number of rotatable bonds is 10. The fourth-order valence-electron chi connectivity index (χ4n) is 9.19. The van der Waals surface area contributed by atoms with Crippen molar-refractivity contribution in [2.75, 3.05) is 13.1 Å². The molecule has 0 radical (unpaired) electrons. The van der Waals surface area contributed by atoms with Crippen molar-refractivity contribution in [1.29, 1.82) is 0 Å². The van der Waals surface area contributed by atoms with Crippen molar-refractivity contribution < 1.29 is 37.4 Å². The van der Waals surface area contributed by atoms with E-state index in [1.165, 1.54) is 12.1 Å². The molecule has 3 aromatic carbocycles. The maximum Gasteiger partial charge on any atom is 0.416 e. The number of nitrogens with one attached hydrogen (secondary N) is 1. The molecule has 0 spiro atoms. The summed E-state index contributed by atoms with van der Waals surface area (Å²) in [6, 6.07) is 24.6. The number of alkyl halides is 3. The predicted octanol–water partition coefficient (Wildman–Crippen LogP) is 12.0. The van der Waals surface area contributed by atoms with Crippen LogP contribution in [0.2, 0.25) is 5.02 Å². The lowest BCUT2D eigenvalue weighted by Gasteiger charge is -2.46. The molecule has 7 nitrogen and oxygen atoms in total. The molecular weight excluding hydrogens is 821 g/mol. The number of furan rings is 1. The number of hydrogen-bond donors (Lipinski definition) is 3. The monoisotopic (exact) mass is 872 g/mol. The van der Waals surface area contributed by atoms with Crippen LogP contribution in [0.1, 0.15) is 115 Å². The zero-order valence-electron chi connectivity index (χ0n) is 34.6. The van der Waals surface area contributed by atoms with Crippen LogP contribution in [-0.4, -0.2) is 51.7 Å². The van der Waals surface area contributed by atoms with Gasteiger partial charge in [-0.05, 0) is 136 Å². The number of carbonyl (C=O) groups excluding carboxylic acids is 2. The molecule has 3 N–H and O–H groups in total. The zero-order valence-corrected chi connectivity index (χ0v) is 36.2. The van der Waals surface area contributed by atoms with Crippen molar-refractivity contribution in [1.82, 2.24) is 10.2 Å². The predicted molar refractivity (Wildman–Crippen MR) is 234 cm³/mol. The maximum absolute atomic E-state index is 14.7. The number of carbonyl (C=O) groups is 2. The van der Waals surface area contributed by atoms with Crippen LogP contribution in [0.4, 0.5) is 18.0 Å². The van der Waals surface area contributed by atoms with E-state index in [0.717, 1.165) is 39.8 Å². The number of aliphatic hydroxyl groups is 2. The number of nitrogens with zero attached hydrogens (tertiary/aromatic N) is 1. The zero-order chi connectivity index (χ0) is 43.5. The highest BCUT2D eigenvalue weighted by Gasteiger charge is 2.57. The van der Waals surface area contributed by atoms with Gasteiger partial charge in [-0.1, -0.05) is 78.7 Å². The third-order valence-corrected chi connectivity index (χ3v) is 14.2. The van der Waals surface area contributed by atoms with E-state index in [1.807, 2.05) is 66.9 Å². The van der Waals surface area contributed by atoms with Gasteiger partial charge in [0.25, 0.3) is 0 Å². The summed E-state index contributed by atoms with van der Waals surface area (Å²) in [5, 5.41) is 29.4. The molecule has 2 amide bonds. The molecule has 2 heterocycles. The Bertz CT molecular complexity index is 2360. The van der Waals surface area contributed by atoms with E-state index in [4.69, 9.17) is 16.0 Å². The van der Waals surface area contributed by atoms with Crippen molar-refractivity contribution >= 4 is 34.8 Å². The minimum Gasteiger partial charge on any atom is -0.453 e. The summed E-state index contributed by atoms with van der Waals surface area (Å²) in [6.45, 7) is 6.50. The molecule has 322 valence electrons. The summed E-state index contributed by atoms with van der Waals surface area (Å²) in [7, 11) is 0. The molecular formula is C49H52ClF3N2O5S. The van der Waals surface area contributed by atoms with Crippen LogP contribution in [-0.2, 0) is 19.0 Å². The lowest BCUT2D eigenvalue weighted by atomic mass is 9.64. The second-order valence-corrected chi connectivity index (χ2v) is 18.4. The molecule has 0 saturated heterocycles. The Morgan fingerprint density at radius 2 is 1.80 bits per heavy atom. The highest BCUT2D eigenvalue weighted by atomic mass is 35.5. The molecule has 3 aliphatic rings. The number of benzene rings is 3. The molecule has 2 aromatic heterocycles. The van der Waals surface area contributed by atoms with Crippen molar-refractivity contribution in [2.24, 2.45) is 5.41 Å². The molecule has 0 aliphatic heterocycles. The number of ketones is 1. The molecule has 12 heteroatoms. The fourth-order valence-corrected chi connectivity index (χ4v) is 10.1. The molecule has 61 heavy (non-hydrogen) atoms. The molecule has 1 fully saturated rings. The van der Waals surface area contributed by atoms with E-state index in [1.54, 1.807) is 22.3 Å². The third-order valence-electron chi connectivity index (χ3n) is 12.9. The van der Waals surface area contributed by atoms with Gasteiger partial charge >= 0.3 is 12.2 Å². The quantitative estimate of drug-likeness (QED) is 0.0958. The molecule has 3 aliphatic carbocycles. The van der Waals surface area contributed by atoms with Gasteiger partial charge in [0.2, 0.25) is 5.78 Å². The van der Waals surface area contributed by atoms with Gasteiger partial charge in [-0.25, -0.2) is 4.79 Å². The lowest BCUT2D eigenvalue weighted by molar-refractivity contribution is -0.137. The van der Waals surface area contributed by atoms with Gasteiger partial charge < -0.3 is 24.8 Å². The van der Waals surface area contributed by atoms with Gasteiger partial charge in [0.05, 0.1) is 34.9 Å². The van der Waals surface area contributed by atoms with Crippen LogP contribution in [0.15, 0.2) is 112 Å². The van der Waals surface area contributed by atoms with E-state index in [0.29, 0.717) is 69.0 Å². The van der Waals surface area contributed by atoms with E-state index in [2.05, 4.69) is 25.2 Å². The first kappa shape index (κ1) is 44.4. The van der Waals surface area contributed by atoms with Gasteiger partial charge in [0.1, 0.15) is 5.76 Å². The number of allylic oxidation sites excluding steroid dienone is 2. The Kier molecular flexibility index (Phi) is 13.3. The third kappa shape index (κ3) is 9.86. The van der Waals surface area contributed by atoms with Crippen molar-refractivity contribution in [3.8, 4) is 11.3 Å². The first-order chi connectivity index (χ1) is 29.0. The highest BCUT2D eigenvalue weighted by Crippen LogP contribution is 2.59. The molecule has 5 aromatic rings. The molecule has 2 bridgehead atoms. The minimum atomic E-state index is -4.61. The van der Waals surface area contributed by atoms with E-state index in [-0.39, 0.29) is 46.6 Å². The summed E-state index contributed by atoms with van der Waals surface area (Å²) in [4.78, 5) is 31.8. The molecule has 1 saturated carbocycles. The smallest absolute Gasteiger partial charge is 0.416 e. The van der Waals surface area contributed by atoms with E-state index >= 15 is 0 Å². The van der Waals surface area contributed by atoms with E-state index in [9.17, 15) is 33.0 Å². The first-order valence-corrected chi connectivity index (χ1v) is 22.1. The first-order valence-electron chi connectivity index (χ1n) is 20.9. The van der Waals surface area contributed by atoms with Gasteiger partial charge in [0, 0.05) is 28.0 Å². The summed E-state index contributed by atoms with van der Waals surface area (Å²) in [5.41, 5.74) is 0.769. The normalized spacial score (nSPS) is 22.5. The van der Waals surface area contributed by atoms with Crippen LogP contribution < -0.4 is 5.32 Å². The summed E-state index contributed by atoms with van der Waals surface area (Å²) >= 11 is 7.98. The van der Waals surface area contributed by atoms with Crippen LogP contribution in [0, 0.1) is 5.41 Å².